The van der Waals surface area contributed by atoms with Crippen LogP contribution in [0.5, 0.6) is 0 Å². The van der Waals surface area contributed by atoms with Gasteiger partial charge in [-0.05, 0) is 168 Å². The summed E-state index contributed by atoms with van der Waals surface area (Å²) in [5, 5.41) is 9.90. The van der Waals surface area contributed by atoms with Gasteiger partial charge in [-0.25, -0.2) is 0 Å². The molecule has 0 bridgehead atoms. The molecule has 0 unspecified atom stereocenters. The Morgan fingerprint density at radius 1 is 0.321 bits per heavy atom. The Balaban J connectivity index is 1.35. The first-order chi connectivity index (χ1) is 27.4. The number of nitrogens with zero attached hydrogens (tertiary/aromatic N) is 1. The molecule has 1 heteroatoms. The monoisotopic (exact) mass is 715 g/mol. The summed E-state index contributed by atoms with van der Waals surface area (Å²) in [5.41, 5.74) is 17.3. The smallest absolute Gasteiger partial charge is 0.0346 e. The maximum Gasteiger partial charge on any atom is 0.0346 e. The zero-order chi connectivity index (χ0) is 37.9. The van der Waals surface area contributed by atoms with Crippen LogP contribution in [0.1, 0.15) is 22.3 Å². The van der Waals surface area contributed by atoms with Crippen LogP contribution in [-0.4, -0.2) is 4.98 Å². The molecule has 1 aromatic heterocycles. The lowest BCUT2D eigenvalue weighted by Crippen LogP contribution is -1.94. The van der Waals surface area contributed by atoms with Crippen LogP contribution in [0.15, 0.2) is 176 Å². The summed E-state index contributed by atoms with van der Waals surface area (Å²) in [6.45, 7) is 8.75. The van der Waals surface area contributed by atoms with Gasteiger partial charge in [0, 0.05) is 18.0 Å². The number of aryl methyl sites for hydroxylation is 4. The lowest BCUT2D eigenvalue weighted by molar-refractivity contribution is 1.33. The Kier molecular flexibility index (Phi) is 8.12. The van der Waals surface area contributed by atoms with Crippen LogP contribution in [0.2, 0.25) is 0 Å². The van der Waals surface area contributed by atoms with Crippen molar-refractivity contribution in [1.82, 2.24) is 4.98 Å². The molecule has 9 aromatic carbocycles. The molecule has 0 saturated carbocycles. The van der Waals surface area contributed by atoms with Gasteiger partial charge in [0.2, 0.25) is 0 Å². The lowest BCUT2D eigenvalue weighted by atomic mass is 9.82. The number of hydrogen-bond acceptors (Lipinski definition) is 1. The van der Waals surface area contributed by atoms with E-state index in [0.717, 1.165) is 5.56 Å². The summed E-state index contributed by atoms with van der Waals surface area (Å²) < 4.78 is 0. The molecule has 10 aromatic rings. The summed E-state index contributed by atoms with van der Waals surface area (Å²) in [5.74, 6) is 0. The third kappa shape index (κ3) is 5.76. The van der Waals surface area contributed by atoms with Crippen molar-refractivity contribution in [3.8, 4) is 55.6 Å². The minimum atomic E-state index is 1.11. The molecule has 0 N–H and O–H groups in total. The van der Waals surface area contributed by atoms with E-state index in [1.54, 1.807) is 0 Å². The largest absolute Gasteiger partial charge is 0.264 e. The third-order valence-electron chi connectivity index (χ3n) is 11.7. The topological polar surface area (TPSA) is 12.9 Å². The fourth-order valence-electron chi connectivity index (χ4n) is 8.92. The highest BCUT2D eigenvalue weighted by Gasteiger charge is 2.20. The summed E-state index contributed by atoms with van der Waals surface area (Å²) in [4.78, 5) is 4.56. The van der Waals surface area contributed by atoms with Gasteiger partial charge < -0.3 is 0 Å². The van der Waals surface area contributed by atoms with Gasteiger partial charge in [0.1, 0.15) is 0 Å². The third-order valence-corrected chi connectivity index (χ3v) is 11.7. The van der Waals surface area contributed by atoms with Gasteiger partial charge in [0.15, 0.2) is 0 Å². The zero-order valence-corrected chi connectivity index (χ0v) is 32.2. The van der Waals surface area contributed by atoms with E-state index in [0.29, 0.717) is 0 Å². The second kappa shape index (κ2) is 13.5. The number of fused-ring (bicyclic) bond motifs is 5. The predicted octanol–water partition coefficient (Wildman–Crippen LogP) is 15.3. The molecule has 0 amide bonds. The molecule has 0 fully saturated rings. The fraction of sp³-hybridized carbons (Fsp3) is 0.0727. The van der Waals surface area contributed by atoms with Gasteiger partial charge in [-0.3, -0.25) is 4.98 Å². The molecular weight excluding hydrogens is 675 g/mol. The first-order valence-electron chi connectivity index (χ1n) is 19.5. The van der Waals surface area contributed by atoms with Crippen molar-refractivity contribution >= 4 is 43.1 Å². The minimum absolute atomic E-state index is 1.11. The molecule has 10 rings (SSSR count). The molecule has 0 aliphatic heterocycles. The van der Waals surface area contributed by atoms with Crippen molar-refractivity contribution in [2.45, 2.75) is 27.7 Å². The van der Waals surface area contributed by atoms with E-state index < -0.39 is 0 Å². The highest BCUT2D eigenvalue weighted by Crippen LogP contribution is 2.48. The van der Waals surface area contributed by atoms with Crippen LogP contribution in [0.4, 0.5) is 0 Å². The van der Waals surface area contributed by atoms with Crippen molar-refractivity contribution in [1.29, 1.82) is 0 Å². The SMILES string of the molecule is Cc1cc(C)cc(-c2cccc(-c3c4ccccc4c(-c4cccc(-c5ccc(C)c(C)c5)c4)c4cc5c(-c6cccnc6)cc6ccccc6c5cc34)c2)c1. The molecule has 0 saturated heterocycles. The molecular formula is C55H41N. The summed E-state index contributed by atoms with van der Waals surface area (Å²) in [6.07, 6.45) is 3.85. The van der Waals surface area contributed by atoms with Crippen molar-refractivity contribution in [2.24, 2.45) is 0 Å². The number of rotatable bonds is 5. The molecule has 0 atom stereocenters. The van der Waals surface area contributed by atoms with E-state index in [-0.39, 0.29) is 0 Å². The Bertz CT molecular complexity index is 3150. The highest BCUT2D eigenvalue weighted by molar-refractivity contribution is 6.27. The van der Waals surface area contributed by atoms with Crippen LogP contribution < -0.4 is 0 Å². The first-order valence-corrected chi connectivity index (χ1v) is 19.5. The number of benzene rings is 9. The van der Waals surface area contributed by atoms with Crippen LogP contribution in [0, 0.1) is 27.7 Å². The van der Waals surface area contributed by atoms with Gasteiger partial charge in [0.25, 0.3) is 0 Å². The maximum absolute atomic E-state index is 4.56. The standard InChI is InChI=1S/C55H41N/c1-34-24-35(2)26-45(25-34)39-14-10-16-43(29-39)55-48-20-8-7-19-47(48)54(42-15-9-13-38(28-42)40-22-21-36(3)37(4)27-40)53-32-51-49(44-17-11-23-56-33-44)30-41-12-5-6-18-46(41)50(51)31-52(53)55/h5-33H,1-4H3. The molecule has 0 aliphatic rings. The van der Waals surface area contributed by atoms with Crippen LogP contribution in [-0.2, 0) is 0 Å². The summed E-state index contributed by atoms with van der Waals surface area (Å²) in [6, 6.07) is 61.3. The molecule has 1 heterocycles. The van der Waals surface area contributed by atoms with E-state index in [2.05, 4.69) is 190 Å². The Morgan fingerprint density at radius 2 is 0.893 bits per heavy atom. The fourth-order valence-corrected chi connectivity index (χ4v) is 8.92. The van der Waals surface area contributed by atoms with Crippen LogP contribution in [0.25, 0.3) is 98.7 Å². The molecule has 1 nitrogen and oxygen atoms in total. The maximum atomic E-state index is 4.56. The van der Waals surface area contributed by atoms with Gasteiger partial charge in [-0.1, -0.05) is 139 Å². The second-order valence-electron chi connectivity index (χ2n) is 15.5. The number of aromatic nitrogens is 1. The first kappa shape index (κ1) is 33.7. The molecule has 0 radical (unpaired) electrons. The zero-order valence-electron chi connectivity index (χ0n) is 32.2. The predicted molar refractivity (Wildman–Crippen MR) is 240 cm³/mol. The van der Waals surface area contributed by atoms with E-state index >= 15 is 0 Å². The van der Waals surface area contributed by atoms with Crippen molar-refractivity contribution in [2.75, 3.05) is 0 Å². The Labute approximate surface area is 328 Å². The van der Waals surface area contributed by atoms with E-state index in [1.807, 2.05) is 18.5 Å². The quantitative estimate of drug-likeness (QED) is 0.128. The van der Waals surface area contributed by atoms with E-state index in [9.17, 15) is 0 Å². The lowest BCUT2D eigenvalue weighted by Gasteiger charge is -2.21. The second-order valence-corrected chi connectivity index (χ2v) is 15.5. The van der Waals surface area contributed by atoms with Crippen molar-refractivity contribution < 1.29 is 0 Å². The molecule has 56 heavy (non-hydrogen) atoms. The summed E-state index contributed by atoms with van der Waals surface area (Å²) in [7, 11) is 0. The van der Waals surface area contributed by atoms with Gasteiger partial charge >= 0.3 is 0 Å². The van der Waals surface area contributed by atoms with Gasteiger partial charge in [0.05, 0.1) is 0 Å². The van der Waals surface area contributed by atoms with Crippen molar-refractivity contribution in [3.05, 3.63) is 198 Å². The number of pyridine rings is 1. The van der Waals surface area contributed by atoms with Gasteiger partial charge in [-0.15, -0.1) is 0 Å². The molecule has 0 spiro atoms. The Morgan fingerprint density at radius 3 is 1.54 bits per heavy atom. The van der Waals surface area contributed by atoms with Crippen LogP contribution in [0.3, 0.4) is 0 Å². The average Bonchev–Trinajstić information content (AvgIpc) is 3.23. The average molecular weight is 716 g/mol. The molecule has 266 valence electrons. The van der Waals surface area contributed by atoms with Crippen LogP contribution >= 0.6 is 0 Å². The summed E-state index contributed by atoms with van der Waals surface area (Å²) >= 11 is 0. The number of hydrogen-bond donors (Lipinski definition) is 0. The minimum Gasteiger partial charge on any atom is -0.264 e. The van der Waals surface area contributed by atoms with E-state index in [1.165, 1.54) is 115 Å². The van der Waals surface area contributed by atoms with Crippen molar-refractivity contribution in [3.63, 3.8) is 0 Å². The normalized spacial score (nSPS) is 11.6. The highest BCUT2D eigenvalue weighted by atomic mass is 14.6. The van der Waals surface area contributed by atoms with Gasteiger partial charge in [-0.2, -0.15) is 0 Å². The molecule has 0 aliphatic carbocycles. The Hall–Kier alpha value is -6.83. The van der Waals surface area contributed by atoms with E-state index in [4.69, 9.17) is 0 Å².